The summed E-state index contributed by atoms with van der Waals surface area (Å²) in [7, 11) is 0. The van der Waals surface area contributed by atoms with Crippen molar-refractivity contribution in [2.75, 3.05) is 5.32 Å². The van der Waals surface area contributed by atoms with E-state index in [1.807, 2.05) is 26.0 Å². The lowest BCUT2D eigenvalue weighted by atomic mass is 10.1. The number of rotatable bonds is 2. The largest absolute Gasteiger partial charge is 0.321 e. The van der Waals surface area contributed by atoms with E-state index in [4.69, 9.17) is 11.6 Å². The van der Waals surface area contributed by atoms with Crippen LogP contribution in [-0.4, -0.2) is 10.9 Å². The second-order valence-electron chi connectivity index (χ2n) is 4.24. The van der Waals surface area contributed by atoms with Crippen LogP contribution in [0.5, 0.6) is 0 Å². The van der Waals surface area contributed by atoms with Gasteiger partial charge in [-0.1, -0.05) is 27.5 Å². The maximum Gasteiger partial charge on any atom is 0.255 e. The second-order valence-corrected chi connectivity index (χ2v) is 5.54. The van der Waals surface area contributed by atoms with Crippen molar-refractivity contribution in [2.24, 2.45) is 0 Å². The first-order valence-corrected chi connectivity index (χ1v) is 6.84. The summed E-state index contributed by atoms with van der Waals surface area (Å²) in [5.41, 5.74) is 3.31. The van der Waals surface area contributed by atoms with E-state index in [1.54, 1.807) is 12.1 Å². The van der Waals surface area contributed by atoms with E-state index in [1.165, 1.54) is 6.20 Å². The fourth-order valence-corrected chi connectivity index (χ4v) is 2.70. The van der Waals surface area contributed by atoms with Crippen LogP contribution in [0.15, 0.2) is 34.9 Å². The smallest absolute Gasteiger partial charge is 0.255 e. The fourth-order valence-electron chi connectivity index (χ4n) is 1.84. The first-order valence-electron chi connectivity index (χ1n) is 5.67. The van der Waals surface area contributed by atoms with Crippen LogP contribution in [0.2, 0.25) is 5.15 Å². The summed E-state index contributed by atoms with van der Waals surface area (Å²) in [4.78, 5) is 16.0. The molecule has 0 radical (unpaired) electrons. The highest BCUT2D eigenvalue weighted by molar-refractivity contribution is 9.10. The van der Waals surface area contributed by atoms with Crippen molar-refractivity contribution in [1.29, 1.82) is 0 Å². The van der Waals surface area contributed by atoms with E-state index in [2.05, 4.69) is 26.2 Å². The number of aromatic nitrogens is 1. The minimum Gasteiger partial charge on any atom is -0.321 e. The van der Waals surface area contributed by atoms with Gasteiger partial charge in [-0.3, -0.25) is 4.79 Å². The molecule has 0 spiro atoms. The molecule has 0 saturated heterocycles. The zero-order valence-electron chi connectivity index (χ0n) is 10.5. The highest BCUT2D eigenvalue weighted by atomic mass is 79.9. The number of nitrogens with one attached hydrogen (secondary N) is 1. The first kappa shape index (κ1) is 14.0. The Bertz CT molecular complexity index is 620. The third-order valence-electron chi connectivity index (χ3n) is 2.72. The lowest BCUT2D eigenvalue weighted by molar-refractivity contribution is 0.102. The van der Waals surface area contributed by atoms with Gasteiger partial charge in [-0.2, -0.15) is 0 Å². The SMILES string of the molecule is Cc1cc(Br)cc(C)c1NC(=O)c1ccnc(Cl)c1. The standard InChI is InChI=1S/C14H12BrClN2O/c1-8-5-11(15)6-9(2)13(8)18-14(19)10-3-4-17-12(16)7-10/h3-7H,1-2H3,(H,18,19). The predicted molar refractivity (Wildman–Crippen MR) is 80.8 cm³/mol. The zero-order chi connectivity index (χ0) is 14.0. The maximum absolute atomic E-state index is 12.1. The molecule has 0 saturated carbocycles. The molecule has 19 heavy (non-hydrogen) atoms. The van der Waals surface area contributed by atoms with Crippen molar-refractivity contribution >= 4 is 39.1 Å². The van der Waals surface area contributed by atoms with Crippen molar-refractivity contribution in [3.05, 3.63) is 56.8 Å². The number of hydrogen-bond donors (Lipinski definition) is 1. The predicted octanol–water partition coefficient (Wildman–Crippen LogP) is 4.37. The highest BCUT2D eigenvalue weighted by Gasteiger charge is 2.11. The van der Waals surface area contributed by atoms with Crippen LogP contribution in [0.3, 0.4) is 0 Å². The number of carbonyl (C=O) groups is 1. The fraction of sp³-hybridized carbons (Fsp3) is 0.143. The van der Waals surface area contributed by atoms with Gasteiger partial charge in [0, 0.05) is 21.9 Å². The Morgan fingerprint density at radius 1 is 1.26 bits per heavy atom. The Balaban J connectivity index is 2.29. The number of aryl methyl sites for hydroxylation is 2. The summed E-state index contributed by atoms with van der Waals surface area (Å²) < 4.78 is 0.993. The normalized spacial score (nSPS) is 10.3. The molecule has 1 N–H and O–H groups in total. The molecule has 2 aromatic rings. The molecule has 5 heteroatoms. The van der Waals surface area contributed by atoms with E-state index >= 15 is 0 Å². The second kappa shape index (κ2) is 5.72. The van der Waals surface area contributed by atoms with Gasteiger partial charge in [-0.25, -0.2) is 4.98 Å². The highest BCUT2D eigenvalue weighted by Crippen LogP contribution is 2.25. The van der Waals surface area contributed by atoms with Gasteiger partial charge in [0.15, 0.2) is 0 Å². The summed E-state index contributed by atoms with van der Waals surface area (Å²) in [6, 6.07) is 7.09. The van der Waals surface area contributed by atoms with Crippen molar-refractivity contribution < 1.29 is 4.79 Å². The Hall–Kier alpha value is -1.39. The van der Waals surface area contributed by atoms with Gasteiger partial charge in [0.05, 0.1) is 0 Å². The number of hydrogen-bond acceptors (Lipinski definition) is 2. The average molecular weight is 340 g/mol. The molecule has 0 aliphatic rings. The number of carbonyl (C=O) groups excluding carboxylic acids is 1. The van der Waals surface area contributed by atoms with E-state index in [0.29, 0.717) is 10.7 Å². The van der Waals surface area contributed by atoms with Gasteiger partial charge in [-0.05, 0) is 49.2 Å². The molecule has 1 amide bonds. The molecule has 0 aliphatic carbocycles. The lowest BCUT2D eigenvalue weighted by Crippen LogP contribution is -2.14. The number of nitrogens with zero attached hydrogens (tertiary/aromatic N) is 1. The van der Waals surface area contributed by atoms with E-state index in [9.17, 15) is 4.79 Å². The monoisotopic (exact) mass is 338 g/mol. The Labute approximate surface area is 125 Å². The minimum absolute atomic E-state index is 0.196. The van der Waals surface area contributed by atoms with Gasteiger partial charge in [0.25, 0.3) is 5.91 Å². The van der Waals surface area contributed by atoms with Crippen LogP contribution in [0.1, 0.15) is 21.5 Å². The number of pyridine rings is 1. The van der Waals surface area contributed by atoms with Crippen LogP contribution in [-0.2, 0) is 0 Å². The molecule has 0 fully saturated rings. The molecule has 0 bridgehead atoms. The number of anilines is 1. The lowest BCUT2D eigenvalue weighted by Gasteiger charge is -2.12. The molecule has 1 aromatic heterocycles. The zero-order valence-corrected chi connectivity index (χ0v) is 12.8. The van der Waals surface area contributed by atoms with E-state index < -0.39 is 0 Å². The molecule has 98 valence electrons. The molecular formula is C14H12BrClN2O. The van der Waals surface area contributed by atoms with Crippen molar-refractivity contribution in [1.82, 2.24) is 4.98 Å². The number of benzene rings is 1. The minimum atomic E-state index is -0.196. The van der Waals surface area contributed by atoms with Gasteiger partial charge < -0.3 is 5.32 Å². The Morgan fingerprint density at radius 2 is 1.89 bits per heavy atom. The van der Waals surface area contributed by atoms with Crippen LogP contribution in [0, 0.1) is 13.8 Å². The van der Waals surface area contributed by atoms with Crippen LogP contribution in [0.4, 0.5) is 5.69 Å². The van der Waals surface area contributed by atoms with Crippen molar-refractivity contribution in [3.63, 3.8) is 0 Å². The number of amides is 1. The third-order valence-corrected chi connectivity index (χ3v) is 3.39. The summed E-state index contributed by atoms with van der Waals surface area (Å²) in [5, 5.41) is 3.21. The van der Waals surface area contributed by atoms with Gasteiger partial charge >= 0.3 is 0 Å². The number of halogens is 2. The molecule has 0 unspecified atom stereocenters. The average Bonchev–Trinajstić information content (AvgIpc) is 2.33. The molecule has 0 atom stereocenters. The topological polar surface area (TPSA) is 42.0 Å². The molecule has 3 nitrogen and oxygen atoms in total. The van der Waals surface area contributed by atoms with Gasteiger partial charge in [-0.15, -0.1) is 0 Å². The Morgan fingerprint density at radius 3 is 2.47 bits per heavy atom. The van der Waals surface area contributed by atoms with Crippen molar-refractivity contribution in [2.45, 2.75) is 13.8 Å². The van der Waals surface area contributed by atoms with Crippen LogP contribution >= 0.6 is 27.5 Å². The summed E-state index contributed by atoms with van der Waals surface area (Å²) in [5.74, 6) is -0.196. The third kappa shape index (κ3) is 3.33. The van der Waals surface area contributed by atoms with E-state index in [0.717, 1.165) is 21.3 Å². The quantitative estimate of drug-likeness (QED) is 0.826. The molecule has 1 heterocycles. The first-order chi connectivity index (χ1) is 8.97. The Kier molecular flexibility index (Phi) is 4.22. The maximum atomic E-state index is 12.1. The molecule has 2 rings (SSSR count). The van der Waals surface area contributed by atoms with Gasteiger partial charge in [0.1, 0.15) is 5.15 Å². The van der Waals surface area contributed by atoms with E-state index in [-0.39, 0.29) is 5.91 Å². The van der Waals surface area contributed by atoms with Crippen LogP contribution < -0.4 is 5.32 Å². The van der Waals surface area contributed by atoms with Crippen LogP contribution in [0.25, 0.3) is 0 Å². The van der Waals surface area contributed by atoms with Crippen molar-refractivity contribution in [3.8, 4) is 0 Å². The molecule has 1 aromatic carbocycles. The van der Waals surface area contributed by atoms with Gasteiger partial charge in [0.2, 0.25) is 0 Å². The summed E-state index contributed by atoms with van der Waals surface area (Å²) >= 11 is 9.21. The molecule has 0 aliphatic heterocycles. The molecular weight excluding hydrogens is 328 g/mol. The summed E-state index contributed by atoms with van der Waals surface area (Å²) in [6.45, 7) is 3.90. The summed E-state index contributed by atoms with van der Waals surface area (Å²) in [6.07, 6.45) is 1.51.